The van der Waals surface area contributed by atoms with Gasteiger partial charge in [0.2, 0.25) is 11.6 Å². The van der Waals surface area contributed by atoms with Crippen molar-refractivity contribution in [3.05, 3.63) is 96.1 Å². The molecule has 0 saturated heterocycles. The maximum absolute atomic E-state index is 12.9. The lowest BCUT2D eigenvalue weighted by Gasteiger charge is -2.21. The molecule has 0 fully saturated rings. The SMILES string of the molecule is CCCC(=O)C(=O)C(=O)CC(c1cccc2ccccc12)c1cccc2ccccc12. The molecule has 0 radical (unpaired) electrons. The van der Waals surface area contributed by atoms with E-state index in [9.17, 15) is 14.4 Å². The normalized spacial score (nSPS) is 11.2. The number of carbonyl (C=O) groups excluding carboxylic acids is 3. The predicted molar refractivity (Wildman–Crippen MR) is 124 cm³/mol. The second-order valence-electron chi connectivity index (χ2n) is 7.82. The molecule has 0 aliphatic rings. The van der Waals surface area contributed by atoms with Crippen molar-refractivity contribution in [2.75, 3.05) is 0 Å². The summed E-state index contributed by atoms with van der Waals surface area (Å²) in [5.74, 6) is -2.43. The van der Waals surface area contributed by atoms with Gasteiger partial charge >= 0.3 is 0 Å². The molecule has 0 aliphatic heterocycles. The maximum Gasteiger partial charge on any atom is 0.264 e. The third-order valence-corrected chi connectivity index (χ3v) is 5.77. The van der Waals surface area contributed by atoms with E-state index >= 15 is 0 Å². The average molecular weight is 408 g/mol. The summed E-state index contributed by atoms with van der Waals surface area (Å²) in [6.45, 7) is 1.82. The number of ketones is 3. The standard InChI is InChI=1S/C28H24O3/c1-2-9-26(29)28(31)27(30)18-25(23-16-7-12-19-10-3-5-14-21(19)23)24-17-8-13-20-11-4-6-15-22(20)24/h3-8,10-17,25H,2,9,18H2,1H3. The van der Waals surface area contributed by atoms with Gasteiger partial charge in [0, 0.05) is 18.8 Å². The first kappa shape index (κ1) is 20.7. The average Bonchev–Trinajstić information content (AvgIpc) is 2.81. The van der Waals surface area contributed by atoms with Crippen molar-refractivity contribution in [3.8, 4) is 0 Å². The van der Waals surface area contributed by atoms with Crippen LogP contribution in [-0.2, 0) is 14.4 Å². The fourth-order valence-electron chi connectivity index (χ4n) is 4.27. The molecule has 0 unspecified atom stereocenters. The van der Waals surface area contributed by atoms with Crippen molar-refractivity contribution < 1.29 is 14.4 Å². The highest BCUT2D eigenvalue weighted by molar-refractivity contribution is 6.64. The third kappa shape index (κ3) is 4.17. The number of rotatable bonds is 8. The highest BCUT2D eigenvalue weighted by Crippen LogP contribution is 2.37. The smallest absolute Gasteiger partial charge is 0.264 e. The van der Waals surface area contributed by atoms with Crippen LogP contribution in [0.15, 0.2) is 84.9 Å². The van der Waals surface area contributed by atoms with Crippen molar-refractivity contribution >= 4 is 38.9 Å². The summed E-state index contributed by atoms with van der Waals surface area (Å²) in [5.41, 5.74) is 1.97. The minimum Gasteiger partial charge on any atom is -0.290 e. The van der Waals surface area contributed by atoms with Gasteiger partial charge in [0.1, 0.15) is 0 Å². The van der Waals surface area contributed by atoms with E-state index in [1.54, 1.807) is 0 Å². The molecule has 0 spiro atoms. The van der Waals surface area contributed by atoms with Crippen molar-refractivity contribution in [1.29, 1.82) is 0 Å². The minimum absolute atomic E-state index is 0.0314. The molecule has 0 N–H and O–H groups in total. The molecule has 4 aromatic carbocycles. The number of carbonyl (C=O) groups is 3. The fraction of sp³-hybridized carbons (Fsp3) is 0.179. The molecule has 4 rings (SSSR count). The van der Waals surface area contributed by atoms with E-state index in [2.05, 4.69) is 0 Å². The Morgan fingerprint density at radius 3 is 1.65 bits per heavy atom. The van der Waals surface area contributed by atoms with Crippen LogP contribution in [0.1, 0.15) is 43.2 Å². The quantitative estimate of drug-likeness (QED) is 0.264. The van der Waals surface area contributed by atoms with Gasteiger partial charge in [-0.05, 0) is 39.1 Å². The molecule has 0 heterocycles. The van der Waals surface area contributed by atoms with E-state index in [1.165, 1.54) is 0 Å². The number of benzene rings is 4. The topological polar surface area (TPSA) is 51.2 Å². The zero-order chi connectivity index (χ0) is 21.8. The predicted octanol–water partition coefficient (Wildman–Crippen LogP) is 6.02. The Morgan fingerprint density at radius 1 is 0.645 bits per heavy atom. The van der Waals surface area contributed by atoms with Crippen LogP contribution < -0.4 is 0 Å². The summed E-state index contributed by atoms with van der Waals surface area (Å²) in [6, 6.07) is 28.1. The summed E-state index contributed by atoms with van der Waals surface area (Å²) in [6.07, 6.45) is 0.627. The Hall–Kier alpha value is -3.59. The number of fused-ring (bicyclic) bond motifs is 2. The van der Waals surface area contributed by atoms with Crippen molar-refractivity contribution in [2.24, 2.45) is 0 Å². The molecule has 0 aromatic heterocycles. The van der Waals surface area contributed by atoms with Gasteiger partial charge in [-0.1, -0.05) is 91.9 Å². The van der Waals surface area contributed by atoms with E-state index < -0.39 is 17.3 Å². The molecule has 0 bridgehead atoms. The number of hydrogen-bond acceptors (Lipinski definition) is 3. The summed E-state index contributed by atoms with van der Waals surface area (Å²) < 4.78 is 0. The van der Waals surface area contributed by atoms with Crippen molar-refractivity contribution in [3.63, 3.8) is 0 Å². The molecule has 3 heteroatoms. The number of hydrogen-bond donors (Lipinski definition) is 0. The molecule has 0 amide bonds. The molecule has 154 valence electrons. The molecule has 31 heavy (non-hydrogen) atoms. The third-order valence-electron chi connectivity index (χ3n) is 5.77. The summed E-state index contributed by atoms with van der Waals surface area (Å²) in [4.78, 5) is 37.5. The van der Waals surface area contributed by atoms with Gasteiger partial charge in [0.05, 0.1) is 0 Å². The molecule has 3 nitrogen and oxygen atoms in total. The lowest BCUT2D eigenvalue weighted by molar-refractivity contribution is -0.144. The van der Waals surface area contributed by atoms with Gasteiger partial charge in [0.15, 0.2) is 0 Å². The highest BCUT2D eigenvalue weighted by Gasteiger charge is 2.28. The number of Topliss-reactive ketones (excluding diaryl/α,β-unsaturated/α-hetero) is 3. The van der Waals surface area contributed by atoms with E-state index in [4.69, 9.17) is 0 Å². The van der Waals surface area contributed by atoms with Crippen molar-refractivity contribution in [2.45, 2.75) is 32.1 Å². The Balaban J connectivity index is 1.86. The second kappa shape index (κ2) is 9.05. The summed E-state index contributed by atoms with van der Waals surface area (Å²) in [7, 11) is 0. The van der Waals surface area contributed by atoms with E-state index in [1.807, 2.05) is 91.9 Å². The van der Waals surface area contributed by atoms with Crippen LogP contribution in [0.4, 0.5) is 0 Å². The van der Waals surface area contributed by atoms with E-state index in [0.29, 0.717) is 6.42 Å². The van der Waals surface area contributed by atoms with Gasteiger partial charge in [-0.2, -0.15) is 0 Å². The lowest BCUT2D eigenvalue weighted by Crippen LogP contribution is -2.25. The van der Waals surface area contributed by atoms with Crippen LogP contribution in [0.25, 0.3) is 21.5 Å². The van der Waals surface area contributed by atoms with E-state index in [-0.39, 0.29) is 18.8 Å². The zero-order valence-corrected chi connectivity index (χ0v) is 17.5. The monoisotopic (exact) mass is 408 g/mol. The molecule has 0 saturated carbocycles. The van der Waals surface area contributed by atoms with Crippen LogP contribution in [0.5, 0.6) is 0 Å². The zero-order valence-electron chi connectivity index (χ0n) is 17.5. The fourth-order valence-corrected chi connectivity index (χ4v) is 4.27. The maximum atomic E-state index is 12.9. The molecular weight excluding hydrogens is 384 g/mol. The van der Waals surface area contributed by atoms with Crippen LogP contribution in [-0.4, -0.2) is 17.3 Å². The summed E-state index contributed by atoms with van der Waals surface area (Å²) in [5, 5.41) is 4.24. The highest BCUT2D eigenvalue weighted by atomic mass is 16.2. The van der Waals surface area contributed by atoms with Crippen LogP contribution in [0.3, 0.4) is 0 Å². The largest absolute Gasteiger partial charge is 0.290 e. The second-order valence-corrected chi connectivity index (χ2v) is 7.82. The first-order chi connectivity index (χ1) is 15.1. The van der Waals surface area contributed by atoms with E-state index in [0.717, 1.165) is 32.7 Å². The van der Waals surface area contributed by atoms with Crippen LogP contribution >= 0.6 is 0 Å². The Labute approximate surface area is 181 Å². The Morgan fingerprint density at radius 2 is 1.13 bits per heavy atom. The molecule has 0 atom stereocenters. The van der Waals surface area contributed by atoms with Gasteiger partial charge in [0.25, 0.3) is 5.78 Å². The van der Waals surface area contributed by atoms with Crippen LogP contribution in [0.2, 0.25) is 0 Å². The first-order valence-electron chi connectivity index (χ1n) is 10.7. The van der Waals surface area contributed by atoms with Gasteiger partial charge in [-0.3, -0.25) is 14.4 Å². The van der Waals surface area contributed by atoms with Gasteiger partial charge < -0.3 is 0 Å². The van der Waals surface area contributed by atoms with Gasteiger partial charge in [-0.25, -0.2) is 0 Å². The minimum atomic E-state index is -0.882. The Kier molecular flexibility index (Phi) is 6.03. The molecule has 4 aromatic rings. The Bertz CT molecular complexity index is 1200. The first-order valence-corrected chi connectivity index (χ1v) is 10.7. The molecular formula is C28H24O3. The van der Waals surface area contributed by atoms with Crippen LogP contribution in [0, 0.1) is 0 Å². The van der Waals surface area contributed by atoms with Gasteiger partial charge in [-0.15, -0.1) is 0 Å². The van der Waals surface area contributed by atoms with Crippen molar-refractivity contribution in [1.82, 2.24) is 0 Å². The summed E-state index contributed by atoms with van der Waals surface area (Å²) >= 11 is 0. The lowest BCUT2D eigenvalue weighted by atomic mass is 9.81. The molecule has 0 aliphatic carbocycles.